The van der Waals surface area contributed by atoms with E-state index in [9.17, 15) is 18.6 Å². The normalized spacial score (nSPS) is 11.7. The van der Waals surface area contributed by atoms with Crippen molar-refractivity contribution in [3.05, 3.63) is 115 Å². The van der Waals surface area contributed by atoms with Crippen molar-refractivity contribution in [1.82, 2.24) is 14.3 Å². The predicted molar refractivity (Wildman–Crippen MR) is 157 cm³/mol. The third-order valence-corrected chi connectivity index (χ3v) is 8.54. The molecule has 0 aliphatic carbocycles. The number of nitrogens with one attached hydrogen (secondary N) is 4. The van der Waals surface area contributed by atoms with Gasteiger partial charge in [0.2, 0.25) is 0 Å². The van der Waals surface area contributed by atoms with E-state index in [2.05, 4.69) is 20.3 Å². The summed E-state index contributed by atoms with van der Waals surface area (Å²) in [6.07, 6.45) is 0. The zero-order valence-corrected chi connectivity index (χ0v) is 22.9. The Labute approximate surface area is 234 Å². The molecule has 0 aliphatic rings. The second-order valence-corrected chi connectivity index (χ2v) is 11.7. The van der Waals surface area contributed by atoms with Crippen molar-refractivity contribution in [3.8, 4) is 5.69 Å². The van der Waals surface area contributed by atoms with Gasteiger partial charge < -0.3 is 15.6 Å². The van der Waals surface area contributed by atoms with Gasteiger partial charge in [0.1, 0.15) is 4.21 Å². The molecule has 1 atom stereocenters. The van der Waals surface area contributed by atoms with E-state index in [0.717, 1.165) is 27.2 Å². The van der Waals surface area contributed by atoms with Crippen molar-refractivity contribution in [2.45, 2.75) is 17.7 Å². The van der Waals surface area contributed by atoms with Crippen LogP contribution in [0.25, 0.3) is 16.6 Å². The van der Waals surface area contributed by atoms with Crippen LogP contribution in [0.2, 0.25) is 4.34 Å². The lowest BCUT2D eigenvalue weighted by molar-refractivity contribution is 0.257. The summed E-state index contributed by atoms with van der Waals surface area (Å²) >= 11 is 6.94. The Balaban J connectivity index is 1.31. The molecular formula is C27H22ClN5O4S2. The molecule has 2 aromatic heterocycles. The van der Waals surface area contributed by atoms with Gasteiger partial charge in [-0.15, -0.1) is 11.3 Å². The third-order valence-electron chi connectivity index (χ3n) is 5.94. The van der Waals surface area contributed by atoms with Crippen molar-refractivity contribution in [2.24, 2.45) is 0 Å². The van der Waals surface area contributed by atoms with Crippen LogP contribution in [-0.2, 0) is 17.5 Å². The number of carbonyl (C=O) groups is 1. The number of anilines is 2. The van der Waals surface area contributed by atoms with Crippen molar-refractivity contribution in [3.63, 3.8) is 0 Å². The number of rotatable bonds is 7. The van der Waals surface area contributed by atoms with Gasteiger partial charge in [0.05, 0.1) is 20.9 Å². The van der Waals surface area contributed by atoms with Crippen LogP contribution in [0.3, 0.4) is 0 Å². The minimum absolute atomic E-state index is 0.327. The van der Waals surface area contributed by atoms with Crippen LogP contribution in [0.5, 0.6) is 0 Å². The number of halogens is 1. The minimum atomic E-state index is -1.76. The van der Waals surface area contributed by atoms with Crippen molar-refractivity contribution < 1.29 is 9.00 Å². The number of aromatic amines is 1. The Kier molecular flexibility index (Phi) is 7.64. The molecule has 4 N–H and O–H groups in total. The maximum atomic E-state index is 13.2. The molecule has 39 heavy (non-hydrogen) atoms. The van der Waals surface area contributed by atoms with E-state index < -0.39 is 28.3 Å². The van der Waals surface area contributed by atoms with Crippen molar-refractivity contribution in [2.75, 3.05) is 10.6 Å². The van der Waals surface area contributed by atoms with Crippen LogP contribution >= 0.6 is 22.9 Å². The zero-order chi connectivity index (χ0) is 27.5. The molecule has 2 heterocycles. The molecule has 5 rings (SSSR count). The number of H-pyrrole nitrogens is 1. The number of nitrogens with zero attached hydrogens (tertiary/aromatic N) is 1. The highest BCUT2D eigenvalue weighted by Crippen LogP contribution is 2.23. The first kappa shape index (κ1) is 26.4. The molecular weight excluding hydrogens is 558 g/mol. The van der Waals surface area contributed by atoms with Crippen LogP contribution in [0, 0.1) is 6.92 Å². The fraction of sp³-hybridized carbons (Fsp3) is 0.0741. The van der Waals surface area contributed by atoms with Gasteiger partial charge in [0, 0.05) is 17.9 Å². The summed E-state index contributed by atoms with van der Waals surface area (Å²) in [7, 11) is -1.76. The fourth-order valence-electron chi connectivity index (χ4n) is 3.95. The van der Waals surface area contributed by atoms with Crippen LogP contribution in [-0.4, -0.2) is 19.8 Å². The second-order valence-electron chi connectivity index (χ2n) is 8.54. The number of benzene rings is 3. The molecule has 0 saturated heterocycles. The average Bonchev–Trinajstić information content (AvgIpc) is 3.35. The van der Waals surface area contributed by atoms with Gasteiger partial charge in [-0.2, -0.15) is 0 Å². The number of fused-ring (bicyclic) bond motifs is 1. The Morgan fingerprint density at radius 2 is 1.74 bits per heavy atom. The van der Waals surface area contributed by atoms with Crippen LogP contribution < -0.4 is 26.6 Å². The number of aromatic nitrogens is 2. The summed E-state index contributed by atoms with van der Waals surface area (Å²) in [5, 5.41) is 6.25. The number of thiophene rings is 1. The van der Waals surface area contributed by atoms with E-state index in [4.69, 9.17) is 11.6 Å². The van der Waals surface area contributed by atoms with Gasteiger partial charge >= 0.3 is 11.7 Å². The SMILES string of the molecule is Cc1ccccc1CNc1ccc2c(=O)n(-c3ccc(NC(=O)NS(=O)c4ccc(Cl)s4)cc3)c(=O)[nH]c2c1. The quantitative estimate of drug-likeness (QED) is 0.212. The number of urea groups is 1. The van der Waals surface area contributed by atoms with Crippen LogP contribution in [0.15, 0.2) is 92.7 Å². The predicted octanol–water partition coefficient (Wildman–Crippen LogP) is 5.16. The Morgan fingerprint density at radius 3 is 2.46 bits per heavy atom. The van der Waals surface area contributed by atoms with E-state index >= 15 is 0 Å². The molecule has 198 valence electrons. The van der Waals surface area contributed by atoms with Gasteiger partial charge in [-0.1, -0.05) is 35.9 Å². The standard InChI is InChI=1S/C27H22ClN5O4S2/c1-16-4-2-3-5-17(16)15-29-19-8-11-21-22(14-19)31-27(36)33(25(21)34)20-9-6-18(7-10-20)30-26(35)32-39(37)24-13-12-23(28)38-24/h2-14,29H,15H2,1H3,(H,31,36)(H2,30,32,35). The van der Waals surface area contributed by atoms with E-state index in [0.29, 0.717) is 37.4 Å². The average molecular weight is 580 g/mol. The molecule has 0 bridgehead atoms. The molecule has 2 amide bonds. The monoisotopic (exact) mass is 579 g/mol. The molecule has 5 aromatic rings. The minimum Gasteiger partial charge on any atom is -0.381 e. The lowest BCUT2D eigenvalue weighted by Crippen LogP contribution is -2.33. The number of hydrogen-bond donors (Lipinski definition) is 4. The maximum Gasteiger partial charge on any atom is 0.333 e. The number of amides is 2. The highest BCUT2D eigenvalue weighted by Gasteiger charge is 2.13. The summed E-state index contributed by atoms with van der Waals surface area (Å²) in [5.74, 6) is 0. The van der Waals surface area contributed by atoms with E-state index in [1.807, 2.05) is 31.2 Å². The highest BCUT2D eigenvalue weighted by atomic mass is 35.5. The Bertz CT molecular complexity index is 1830. The molecule has 0 saturated carbocycles. The van der Waals surface area contributed by atoms with Gasteiger partial charge in [-0.3, -0.25) is 9.52 Å². The summed E-state index contributed by atoms with van der Waals surface area (Å²) in [4.78, 5) is 41.1. The number of hydrogen-bond acceptors (Lipinski definition) is 6. The third kappa shape index (κ3) is 5.95. The van der Waals surface area contributed by atoms with Crippen LogP contribution in [0.1, 0.15) is 11.1 Å². The first-order valence-corrected chi connectivity index (χ1v) is 14.1. The molecule has 3 aromatic carbocycles. The molecule has 12 heteroatoms. The summed E-state index contributed by atoms with van der Waals surface area (Å²) < 4.78 is 16.5. The topological polar surface area (TPSA) is 125 Å². The second kappa shape index (κ2) is 11.3. The number of carbonyl (C=O) groups excluding carboxylic acids is 1. The molecule has 1 unspecified atom stereocenters. The zero-order valence-electron chi connectivity index (χ0n) is 20.5. The summed E-state index contributed by atoms with van der Waals surface area (Å²) in [5.41, 5.74) is 3.16. The van der Waals surface area contributed by atoms with Crippen molar-refractivity contribution in [1.29, 1.82) is 0 Å². The highest BCUT2D eigenvalue weighted by molar-refractivity contribution is 7.86. The lowest BCUT2D eigenvalue weighted by Gasteiger charge is -2.11. The first-order valence-electron chi connectivity index (χ1n) is 11.7. The summed E-state index contributed by atoms with van der Waals surface area (Å²) in [6, 6.07) is 21.9. The Morgan fingerprint density at radius 1 is 1.00 bits per heavy atom. The lowest BCUT2D eigenvalue weighted by atomic mass is 10.1. The smallest absolute Gasteiger partial charge is 0.333 e. The van der Waals surface area contributed by atoms with Crippen molar-refractivity contribution >= 4 is 62.2 Å². The fourth-order valence-corrected chi connectivity index (χ4v) is 6.07. The van der Waals surface area contributed by atoms with Gasteiger partial charge in [-0.05, 0) is 72.6 Å². The van der Waals surface area contributed by atoms with Gasteiger partial charge in [0.15, 0.2) is 11.0 Å². The van der Waals surface area contributed by atoms with Gasteiger partial charge in [-0.25, -0.2) is 18.4 Å². The Hall–Kier alpha value is -4.19. The van der Waals surface area contributed by atoms with E-state index in [-0.39, 0.29) is 0 Å². The van der Waals surface area contributed by atoms with E-state index in [1.54, 1.807) is 30.3 Å². The largest absolute Gasteiger partial charge is 0.381 e. The number of aryl methyl sites for hydroxylation is 1. The van der Waals surface area contributed by atoms with Gasteiger partial charge in [0.25, 0.3) is 5.56 Å². The maximum absolute atomic E-state index is 13.2. The summed E-state index contributed by atoms with van der Waals surface area (Å²) in [6.45, 7) is 2.65. The first-order chi connectivity index (χ1) is 18.8. The molecule has 0 spiro atoms. The molecule has 0 fully saturated rings. The molecule has 0 aliphatic heterocycles. The molecule has 9 nitrogen and oxygen atoms in total. The van der Waals surface area contributed by atoms with E-state index in [1.165, 1.54) is 29.8 Å². The molecule has 0 radical (unpaired) electrons. The van der Waals surface area contributed by atoms with Crippen LogP contribution in [0.4, 0.5) is 16.2 Å².